The molecular formula is C22H29N7O. The van der Waals surface area contributed by atoms with Gasteiger partial charge in [-0.15, -0.1) is 0 Å². The van der Waals surface area contributed by atoms with Gasteiger partial charge in [0.1, 0.15) is 11.7 Å². The summed E-state index contributed by atoms with van der Waals surface area (Å²) < 4.78 is 5.39. The van der Waals surface area contributed by atoms with Gasteiger partial charge in [0.25, 0.3) is 0 Å². The summed E-state index contributed by atoms with van der Waals surface area (Å²) in [7, 11) is 1.71. The second-order valence-corrected chi connectivity index (χ2v) is 7.29. The molecule has 1 saturated heterocycles. The molecule has 30 heavy (non-hydrogen) atoms. The van der Waals surface area contributed by atoms with Gasteiger partial charge in [-0.25, -0.2) is 0 Å². The first kappa shape index (κ1) is 21.3. The lowest BCUT2D eigenvalue weighted by Gasteiger charge is -2.26. The van der Waals surface area contributed by atoms with Gasteiger partial charge < -0.3 is 31.8 Å². The molecule has 3 rings (SSSR count). The minimum Gasteiger partial charge on any atom is -0.402 e. The van der Waals surface area contributed by atoms with E-state index in [4.69, 9.17) is 21.3 Å². The predicted octanol–water partition coefficient (Wildman–Crippen LogP) is 2.19. The molecule has 0 radical (unpaired) electrons. The van der Waals surface area contributed by atoms with E-state index in [1.807, 2.05) is 31.4 Å². The van der Waals surface area contributed by atoms with Gasteiger partial charge in [0.05, 0.1) is 11.4 Å². The third-order valence-electron chi connectivity index (χ3n) is 5.09. The molecule has 3 heterocycles. The number of fused-ring (bicyclic) bond motifs is 1. The molecule has 0 atom stereocenters. The second-order valence-electron chi connectivity index (χ2n) is 7.29. The first-order valence-electron chi connectivity index (χ1n) is 9.94. The second kappa shape index (κ2) is 9.89. The van der Waals surface area contributed by atoms with Crippen molar-refractivity contribution in [2.24, 2.45) is 16.6 Å². The summed E-state index contributed by atoms with van der Waals surface area (Å²) in [6, 6.07) is 0. The number of nitrogens with zero attached hydrogens (tertiary/aromatic N) is 1. The minimum atomic E-state index is 0.229. The lowest BCUT2D eigenvalue weighted by molar-refractivity contribution is 0.0772. The molecule has 0 aromatic rings. The van der Waals surface area contributed by atoms with Crippen molar-refractivity contribution in [3.63, 3.8) is 0 Å². The third kappa shape index (κ3) is 5.15. The van der Waals surface area contributed by atoms with Gasteiger partial charge in [0.2, 0.25) is 0 Å². The maximum absolute atomic E-state index is 8.32. The van der Waals surface area contributed by atoms with E-state index in [0.29, 0.717) is 24.7 Å². The molecule has 0 bridgehead atoms. The Kier molecular flexibility index (Phi) is 7.03. The number of nitrogens with one attached hydrogen (secondary N) is 5. The number of allylic oxidation sites excluding steroid dienone is 7. The molecule has 158 valence electrons. The van der Waals surface area contributed by atoms with Crippen LogP contribution in [0.3, 0.4) is 0 Å². The van der Waals surface area contributed by atoms with Crippen LogP contribution >= 0.6 is 0 Å². The predicted molar refractivity (Wildman–Crippen MR) is 121 cm³/mol. The maximum Gasteiger partial charge on any atom is 0.123 e. The van der Waals surface area contributed by atoms with Crippen molar-refractivity contribution in [1.82, 2.24) is 16.0 Å². The summed E-state index contributed by atoms with van der Waals surface area (Å²) in [5.41, 5.74) is 11.1. The highest BCUT2D eigenvalue weighted by molar-refractivity contribution is 5.97. The van der Waals surface area contributed by atoms with E-state index in [9.17, 15) is 0 Å². The van der Waals surface area contributed by atoms with Gasteiger partial charge >= 0.3 is 0 Å². The third-order valence-corrected chi connectivity index (χ3v) is 5.09. The SMILES string of the molecule is CN=CC(C1=CNC2=CC=C(NC(=N)C=C(C=N)C3CCOCC3)NC2=C1)=C(C)N. The zero-order valence-electron chi connectivity index (χ0n) is 17.4. The summed E-state index contributed by atoms with van der Waals surface area (Å²) in [4.78, 5) is 4.08. The average Bonchev–Trinajstić information content (AvgIpc) is 2.75. The maximum atomic E-state index is 8.32. The Labute approximate surface area is 177 Å². The Morgan fingerprint density at radius 3 is 2.73 bits per heavy atom. The Balaban J connectivity index is 1.71. The number of dihydropyridines is 2. The molecule has 0 amide bonds. The van der Waals surface area contributed by atoms with Crippen molar-refractivity contribution in [2.75, 3.05) is 20.3 Å². The van der Waals surface area contributed by atoms with Crippen LogP contribution in [0.2, 0.25) is 0 Å². The lowest BCUT2D eigenvalue weighted by Crippen LogP contribution is -2.35. The number of amidine groups is 1. The average molecular weight is 408 g/mol. The van der Waals surface area contributed by atoms with E-state index in [-0.39, 0.29) is 11.8 Å². The number of hydrogen-bond acceptors (Lipinski definition) is 7. The minimum absolute atomic E-state index is 0.229. The van der Waals surface area contributed by atoms with E-state index in [2.05, 4.69) is 20.9 Å². The molecule has 0 unspecified atom stereocenters. The van der Waals surface area contributed by atoms with E-state index in [0.717, 1.165) is 41.0 Å². The molecular weight excluding hydrogens is 378 g/mol. The molecule has 0 aromatic carbocycles. The Morgan fingerprint density at radius 2 is 2.07 bits per heavy atom. The van der Waals surface area contributed by atoms with Gasteiger partial charge in [0, 0.05) is 55.7 Å². The van der Waals surface area contributed by atoms with E-state index in [1.54, 1.807) is 19.3 Å². The fourth-order valence-corrected chi connectivity index (χ4v) is 3.52. The Bertz CT molecular complexity index is 921. The first-order chi connectivity index (χ1) is 14.5. The molecule has 8 nitrogen and oxygen atoms in total. The van der Waals surface area contributed by atoms with Gasteiger partial charge in [0.15, 0.2) is 0 Å². The van der Waals surface area contributed by atoms with E-state index >= 15 is 0 Å². The smallest absolute Gasteiger partial charge is 0.123 e. The highest BCUT2D eigenvalue weighted by Crippen LogP contribution is 2.24. The topological polar surface area (TPSA) is 131 Å². The zero-order chi connectivity index (χ0) is 21.5. The zero-order valence-corrected chi connectivity index (χ0v) is 17.4. The van der Waals surface area contributed by atoms with Gasteiger partial charge in [-0.05, 0) is 55.6 Å². The molecule has 0 spiro atoms. The first-order valence-corrected chi connectivity index (χ1v) is 9.94. The summed E-state index contributed by atoms with van der Waals surface area (Å²) in [5, 5.41) is 25.7. The summed E-state index contributed by atoms with van der Waals surface area (Å²) >= 11 is 0. The van der Waals surface area contributed by atoms with Crippen molar-refractivity contribution >= 4 is 18.3 Å². The number of hydrogen-bond donors (Lipinski definition) is 6. The van der Waals surface area contributed by atoms with Crippen LogP contribution in [0.25, 0.3) is 0 Å². The molecule has 1 fully saturated rings. The van der Waals surface area contributed by atoms with Crippen LogP contribution in [0.5, 0.6) is 0 Å². The largest absolute Gasteiger partial charge is 0.402 e. The van der Waals surface area contributed by atoms with Gasteiger partial charge in [-0.2, -0.15) is 0 Å². The van der Waals surface area contributed by atoms with Crippen LogP contribution in [0.4, 0.5) is 0 Å². The molecule has 0 saturated carbocycles. The molecule has 3 aliphatic heterocycles. The standard InChI is InChI=1S/C22H29N7O/c1-14(24)18(13-26-2)17-9-20-19(27-12-17)3-4-22(28-20)29-21(25)10-16(11-23)15-5-7-30-8-6-15/h3-4,9-13,15,23,27-28H,5-8,24H2,1-2H3,(H2,25,29). The van der Waals surface area contributed by atoms with Crippen molar-refractivity contribution in [1.29, 1.82) is 10.8 Å². The molecule has 8 heteroatoms. The summed E-state index contributed by atoms with van der Waals surface area (Å²) in [6.07, 6.45) is 14.3. The van der Waals surface area contributed by atoms with Crippen molar-refractivity contribution in [3.8, 4) is 0 Å². The number of rotatable bonds is 6. The van der Waals surface area contributed by atoms with E-state index in [1.165, 1.54) is 6.21 Å². The number of nitrogens with two attached hydrogens (primary N) is 1. The van der Waals surface area contributed by atoms with Crippen LogP contribution < -0.4 is 21.7 Å². The van der Waals surface area contributed by atoms with Crippen LogP contribution in [0.15, 0.2) is 75.1 Å². The molecule has 0 aromatic heterocycles. The summed E-state index contributed by atoms with van der Waals surface area (Å²) in [5.74, 6) is 1.18. The normalized spacial score (nSPS) is 20.5. The highest BCUT2D eigenvalue weighted by Gasteiger charge is 2.19. The van der Waals surface area contributed by atoms with Gasteiger partial charge in [-0.1, -0.05) is 0 Å². The lowest BCUT2D eigenvalue weighted by atomic mass is 9.91. The molecule has 0 aliphatic carbocycles. The van der Waals surface area contributed by atoms with Crippen molar-refractivity contribution in [2.45, 2.75) is 19.8 Å². The van der Waals surface area contributed by atoms with Gasteiger partial charge in [-0.3, -0.25) is 10.4 Å². The van der Waals surface area contributed by atoms with E-state index < -0.39 is 0 Å². The Morgan fingerprint density at radius 1 is 1.30 bits per heavy atom. The monoisotopic (exact) mass is 407 g/mol. The fraction of sp³-hybridized carbons (Fsp3) is 0.318. The van der Waals surface area contributed by atoms with Crippen LogP contribution in [0.1, 0.15) is 19.8 Å². The number of aliphatic imine (C=N–C) groups is 1. The fourth-order valence-electron chi connectivity index (χ4n) is 3.52. The van der Waals surface area contributed by atoms with Crippen LogP contribution in [-0.4, -0.2) is 38.5 Å². The Hall–Kier alpha value is -3.39. The summed E-state index contributed by atoms with van der Waals surface area (Å²) in [6.45, 7) is 3.25. The molecule has 7 N–H and O–H groups in total. The highest BCUT2D eigenvalue weighted by atomic mass is 16.5. The van der Waals surface area contributed by atoms with Crippen molar-refractivity contribution in [3.05, 3.63) is 70.1 Å². The molecule has 3 aliphatic rings. The van der Waals surface area contributed by atoms with Crippen LogP contribution in [-0.2, 0) is 4.74 Å². The van der Waals surface area contributed by atoms with Crippen molar-refractivity contribution < 1.29 is 4.74 Å². The van der Waals surface area contributed by atoms with Crippen LogP contribution in [0, 0.1) is 16.7 Å². The quantitative estimate of drug-likeness (QED) is 0.297. The number of ether oxygens (including phenoxy) is 1.